The summed E-state index contributed by atoms with van der Waals surface area (Å²) in [7, 11) is 1.49. The minimum absolute atomic E-state index is 0.0664. The maximum Gasteiger partial charge on any atom is 0.336 e. The van der Waals surface area contributed by atoms with Gasteiger partial charge in [-0.2, -0.15) is 0 Å². The highest BCUT2D eigenvalue weighted by atomic mass is 19.1. The zero-order valence-corrected chi connectivity index (χ0v) is 18.9. The van der Waals surface area contributed by atoms with E-state index in [0.29, 0.717) is 18.5 Å². The number of pyridine rings is 1. The van der Waals surface area contributed by atoms with Crippen molar-refractivity contribution < 1.29 is 9.50 Å². The number of aryl methyl sites for hydroxylation is 2. The highest BCUT2D eigenvalue weighted by molar-refractivity contribution is 5.93. The second-order valence-electron chi connectivity index (χ2n) is 8.71. The van der Waals surface area contributed by atoms with Gasteiger partial charge in [0, 0.05) is 24.7 Å². The maximum atomic E-state index is 14.7. The van der Waals surface area contributed by atoms with E-state index in [1.54, 1.807) is 32.0 Å². The lowest BCUT2D eigenvalue weighted by Crippen LogP contribution is -2.41. The molecule has 4 aromatic rings. The van der Waals surface area contributed by atoms with Crippen molar-refractivity contribution in [2.24, 2.45) is 7.05 Å². The largest absolute Gasteiger partial charge is 0.508 e. The van der Waals surface area contributed by atoms with Crippen molar-refractivity contribution in [1.29, 1.82) is 0 Å². The fourth-order valence-electron chi connectivity index (χ4n) is 4.34. The second-order valence-corrected chi connectivity index (χ2v) is 8.71. The van der Waals surface area contributed by atoms with Gasteiger partial charge in [-0.3, -0.25) is 23.3 Å². The Kier molecular flexibility index (Phi) is 4.93. The lowest BCUT2D eigenvalue weighted by Gasteiger charge is -2.20. The molecule has 34 heavy (non-hydrogen) atoms. The molecule has 8 nitrogen and oxygen atoms in total. The van der Waals surface area contributed by atoms with Crippen LogP contribution in [0.2, 0.25) is 0 Å². The van der Waals surface area contributed by atoms with Crippen molar-refractivity contribution in [2.75, 3.05) is 5.32 Å². The van der Waals surface area contributed by atoms with Crippen LogP contribution in [0.1, 0.15) is 30.0 Å². The Morgan fingerprint density at radius 3 is 2.41 bits per heavy atom. The molecule has 0 aliphatic heterocycles. The van der Waals surface area contributed by atoms with E-state index in [1.807, 2.05) is 0 Å². The first-order chi connectivity index (χ1) is 16.2. The molecule has 9 heteroatoms. The number of anilines is 2. The molecule has 2 N–H and O–H groups in total. The van der Waals surface area contributed by atoms with Crippen LogP contribution in [0.4, 0.5) is 15.9 Å². The smallest absolute Gasteiger partial charge is 0.336 e. The second kappa shape index (κ2) is 7.72. The standard InChI is InChI=1S/C25H23FN4O4/c1-13-7-10-19(18(26)11-13)27-22-20-21(14(2)23(32)28(22)3)29(16-5-4-6-17(31)12-16)25(34)30(24(20)33)15-8-9-15/h4-7,10-12,15,27,31H,8-9H2,1-3H3. The van der Waals surface area contributed by atoms with E-state index >= 15 is 0 Å². The average Bonchev–Trinajstić information content (AvgIpc) is 3.62. The molecule has 0 saturated heterocycles. The van der Waals surface area contributed by atoms with Gasteiger partial charge in [0.05, 0.1) is 16.9 Å². The van der Waals surface area contributed by atoms with Gasteiger partial charge in [-0.05, 0) is 56.5 Å². The third kappa shape index (κ3) is 3.32. The van der Waals surface area contributed by atoms with Gasteiger partial charge < -0.3 is 10.4 Å². The predicted octanol–water partition coefficient (Wildman–Crippen LogP) is 3.39. The quantitative estimate of drug-likeness (QED) is 0.485. The molecule has 1 aliphatic rings. The van der Waals surface area contributed by atoms with Crippen LogP contribution in [0, 0.1) is 19.7 Å². The molecule has 2 aromatic heterocycles. The van der Waals surface area contributed by atoms with E-state index in [2.05, 4.69) is 5.32 Å². The zero-order chi connectivity index (χ0) is 24.3. The number of benzene rings is 2. The SMILES string of the molecule is Cc1ccc(Nc2c3c(=O)n(C4CC4)c(=O)n(-c4cccc(O)c4)c3c(C)c(=O)n2C)c(F)c1. The Balaban J connectivity index is 1.95. The third-order valence-electron chi connectivity index (χ3n) is 6.22. The van der Waals surface area contributed by atoms with Crippen molar-refractivity contribution in [3.8, 4) is 11.4 Å². The molecule has 174 valence electrons. The Bertz CT molecular complexity index is 1660. The first kappa shape index (κ1) is 21.7. The minimum Gasteiger partial charge on any atom is -0.508 e. The molecule has 2 aromatic carbocycles. The van der Waals surface area contributed by atoms with Crippen LogP contribution in [0.3, 0.4) is 0 Å². The summed E-state index contributed by atoms with van der Waals surface area (Å²) < 4.78 is 18.4. The highest BCUT2D eigenvalue weighted by Gasteiger charge is 2.31. The van der Waals surface area contributed by atoms with Crippen LogP contribution in [0.25, 0.3) is 16.6 Å². The van der Waals surface area contributed by atoms with Crippen molar-refractivity contribution in [2.45, 2.75) is 32.7 Å². The van der Waals surface area contributed by atoms with Crippen LogP contribution in [-0.4, -0.2) is 18.8 Å². The van der Waals surface area contributed by atoms with Gasteiger partial charge in [0.25, 0.3) is 11.1 Å². The molecule has 0 radical (unpaired) electrons. The van der Waals surface area contributed by atoms with Crippen LogP contribution in [-0.2, 0) is 7.05 Å². The molecule has 0 bridgehead atoms. The van der Waals surface area contributed by atoms with Gasteiger partial charge in [0.15, 0.2) is 0 Å². The van der Waals surface area contributed by atoms with Crippen LogP contribution in [0.15, 0.2) is 56.8 Å². The molecular formula is C25H23FN4O4. The van der Waals surface area contributed by atoms with E-state index in [0.717, 1.165) is 5.56 Å². The van der Waals surface area contributed by atoms with Crippen molar-refractivity contribution in [3.05, 3.63) is 90.6 Å². The van der Waals surface area contributed by atoms with E-state index in [9.17, 15) is 23.9 Å². The summed E-state index contributed by atoms with van der Waals surface area (Å²) in [5, 5.41) is 13.1. The van der Waals surface area contributed by atoms with Crippen molar-refractivity contribution in [3.63, 3.8) is 0 Å². The van der Waals surface area contributed by atoms with Gasteiger partial charge >= 0.3 is 5.69 Å². The van der Waals surface area contributed by atoms with E-state index < -0.39 is 22.6 Å². The van der Waals surface area contributed by atoms with Crippen molar-refractivity contribution in [1.82, 2.24) is 13.7 Å². The number of fused-ring (bicyclic) bond motifs is 1. The summed E-state index contributed by atoms with van der Waals surface area (Å²) in [4.78, 5) is 40.5. The van der Waals surface area contributed by atoms with Crippen molar-refractivity contribution >= 4 is 22.4 Å². The monoisotopic (exact) mass is 462 g/mol. The topological polar surface area (TPSA) is 98.3 Å². The Hall–Kier alpha value is -4.14. The molecule has 5 rings (SSSR count). The number of phenols is 1. The van der Waals surface area contributed by atoms with E-state index in [1.165, 1.54) is 45.0 Å². The number of nitrogens with zero attached hydrogens (tertiary/aromatic N) is 3. The minimum atomic E-state index is -0.589. The highest BCUT2D eigenvalue weighted by Crippen LogP contribution is 2.34. The summed E-state index contributed by atoms with van der Waals surface area (Å²) in [6.07, 6.45) is 1.36. The molecule has 0 unspecified atom stereocenters. The lowest BCUT2D eigenvalue weighted by molar-refractivity contribution is 0.475. The lowest BCUT2D eigenvalue weighted by atomic mass is 10.1. The summed E-state index contributed by atoms with van der Waals surface area (Å²) in [5.41, 5.74) is -0.143. The van der Waals surface area contributed by atoms with Gasteiger partial charge in [-0.1, -0.05) is 12.1 Å². The summed E-state index contributed by atoms with van der Waals surface area (Å²) in [6.45, 7) is 3.30. The number of phenolic OH excluding ortho intramolecular Hbond substituents is 1. The third-order valence-corrected chi connectivity index (χ3v) is 6.22. The van der Waals surface area contributed by atoms with Gasteiger partial charge in [-0.15, -0.1) is 0 Å². The molecule has 1 saturated carbocycles. The number of hydrogen-bond acceptors (Lipinski definition) is 5. The molecule has 1 aliphatic carbocycles. The van der Waals surface area contributed by atoms with Gasteiger partial charge in [0.2, 0.25) is 0 Å². The van der Waals surface area contributed by atoms with Crippen LogP contribution in [0.5, 0.6) is 5.75 Å². The maximum absolute atomic E-state index is 14.7. The fraction of sp³-hybridized carbons (Fsp3) is 0.240. The number of aromatic hydroxyl groups is 1. The Morgan fingerprint density at radius 1 is 1.03 bits per heavy atom. The molecule has 2 heterocycles. The zero-order valence-electron chi connectivity index (χ0n) is 18.9. The summed E-state index contributed by atoms with van der Waals surface area (Å²) >= 11 is 0. The fourth-order valence-corrected chi connectivity index (χ4v) is 4.34. The van der Waals surface area contributed by atoms with E-state index in [-0.39, 0.29) is 39.8 Å². The Morgan fingerprint density at radius 2 is 1.76 bits per heavy atom. The Labute approximate surface area is 193 Å². The molecule has 0 atom stereocenters. The normalized spacial score (nSPS) is 13.4. The molecular weight excluding hydrogens is 439 g/mol. The molecule has 0 amide bonds. The number of aromatic nitrogens is 3. The first-order valence-electron chi connectivity index (χ1n) is 10.9. The summed E-state index contributed by atoms with van der Waals surface area (Å²) in [5.74, 6) is -0.519. The average molecular weight is 462 g/mol. The predicted molar refractivity (Wildman–Crippen MR) is 128 cm³/mol. The number of rotatable bonds is 4. The molecule has 0 spiro atoms. The van der Waals surface area contributed by atoms with Gasteiger partial charge in [0.1, 0.15) is 22.8 Å². The number of hydrogen-bond donors (Lipinski definition) is 2. The number of nitrogens with one attached hydrogen (secondary N) is 1. The summed E-state index contributed by atoms with van der Waals surface area (Å²) in [6, 6.07) is 10.4. The van der Waals surface area contributed by atoms with Crippen LogP contribution >= 0.6 is 0 Å². The van der Waals surface area contributed by atoms with Gasteiger partial charge in [-0.25, -0.2) is 9.18 Å². The molecule has 1 fully saturated rings. The van der Waals surface area contributed by atoms with Crippen LogP contribution < -0.4 is 22.1 Å². The first-order valence-corrected chi connectivity index (χ1v) is 10.9. The van der Waals surface area contributed by atoms with E-state index in [4.69, 9.17) is 0 Å². The number of halogens is 1.